The molecule has 0 saturated carbocycles. The van der Waals surface area contributed by atoms with Gasteiger partial charge in [0.2, 0.25) is 0 Å². The van der Waals surface area contributed by atoms with Crippen molar-refractivity contribution >= 4 is 43.1 Å². The Hall–Kier alpha value is -1.12. The van der Waals surface area contributed by atoms with E-state index in [4.69, 9.17) is 11.6 Å². The number of hydrogen-bond acceptors (Lipinski definition) is 2. The summed E-state index contributed by atoms with van der Waals surface area (Å²) < 4.78 is 2.51. The molecule has 24 heavy (non-hydrogen) atoms. The summed E-state index contributed by atoms with van der Waals surface area (Å²) in [5.74, 6) is 0. The third kappa shape index (κ3) is 2.02. The van der Waals surface area contributed by atoms with Crippen LogP contribution in [0.2, 0.25) is 5.15 Å². The second-order valence-corrected chi connectivity index (χ2v) is 9.93. The van der Waals surface area contributed by atoms with Crippen LogP contribution in [0.15, 0.2) is 12.3 Å². The summed E-state index contributed by atoms with van der Waals surface area (Å²) in [5.41, 5.74) is 6.47. The maximum Gasteiger partial charge on any atom is 0.146 e. The third-order valence-electron chi connectivity index (χ3n) is 6.01. The molecule has 4 rings (SSSR count). The normalized spacial score (nSPS) is 19.0. The number of aryl methyl sites for hydroxylation is 2. The second kappa shape index (κ2) is 4.95. The van der Waals surface area contributed by atoms with Gasteiger partial charge in [-0.1, -0.05) is 39.3 Å². The number of aromatic nitrogens is 1. The van der Waals surface area contributed by atoms with E-state index in [1.165, 1.54) is 39.4 Å². The topological polar surface area (TPSA) is 12.9 Å². The highest BCUT2D eigenvalue weighted by atomic mass is 35.5. The monoisotopic (exact) mass is 357 g/mol. The van der Waals surface area contributed by atoms with E-state index in [1.807, 2.05) is 17.5 Å². The van der Waals surface area contributed by atoms with E-state index in [1.54, 1.807) is 11.1 Å². The van der Waals surface area contributed by atoms with Crippen molar-refractivity contribution in [3.05, 3.63) is 39.7 Å². The van der Waals surface area contributed by atoms with Gasteiger partial charge < -0.3 is 0 Å². The SMILES string of the molecule is Cc1c2c(c(C)c3c1sc1c(Cl)nccc13)C(C)(C)CCC2(C)C. The van der Waals surface area contributed by atoms with Crippen LogP contribution in [0.5, 0.6) is 0 Å². The van der Waals surface area contributed by atoms with Gasteiger partial charge in [0.15, 0.2) is 0 Å². The molecule has 126 valence electrons. The molecule has 0 atom stereocenters. The fourth-order valence-corrected chi connectivity index (χ4v) is 6.32. The van der Waals surface area contributed by atoms with Crippen LogP contribution >= 0.6 is 22.9 Å². The maximum absolute atomic E-state index is 6.40. The number of halogens is 1. The first-order chi connectivity index (χ1) is 11.1. The van der Waals surface area contributed by atoms with Crippen LogP contribution in [0.3, 0.4) is 0 Å². The van der Waals surface area contributed by atoms with Crippen molar-refractivity contribution in [3.63, 3.8) is 0 Å². The van der Waals surface area contributed by atoms with Gasteiger partial charge in [-0.3, -0.25) is 0 Å². The summed E-state index contributed by atoms with van der Waals surface area (Å²) in [6.45, 7) is 14.2. The van der Waals surface area contributed by atoms with Gasteiger partial charge in [0, 0.05) is 21.7 Å². The number of pyridine rings is 1. The predicted molar refractivity (Wildman–Crippen MR) is 107 cm³/mol. The van der Waals surface area contributed by atoms with Gasteiger partial charge >= 0.3 is 0 Å². The van der Waals surface area contributed by atoms with E-state index in [9.17, 15) is 0 Å². The average Bonchev–Trinajstić information content (AvgIpc) is 2.89. The summed E-state index contributed by atoms with van der Waals surface area (Å²) >= 11 is 8.21. The highest BCUT2D eigenvalue weighted by Crippen LogP contribution is 2.53. The van der Waals surface area contributed by atoms with E-state index in [0.717, 1.165) is 4.70 Å². The summed E-state index contributed by atoms with van der Waals surface area (Å²) in [4.78, 5) is 4.29. The Kier molecular flexibility index (Phi) is 3.38. The molecule has 0 unspecified atom stereocenters. The number of fused-ring (bicyclic) bond motifs is 4. The Balaban J connectivity index is 2.28. The number of thiophene rings is 1. The quantitative estimate of drug-likeness (QED) is 0.392. The molecule has 0 bridgehead atoms. The van der Waals surface area contributed by atoms with Crippen molar-refractivity contribution in [2.45, 2.75) is 65.2 Å². The molecule has 0 aliphatic heterocycles. The second-order valence-electron chi connectivity index (χ2n) is 8.55. The molecule has 2 heterocycles. The minimum atomic E-state index is 0.221. The molecule has 2 aromatic heterocycles. The minimum Gasteiger partial charge on any atom is -0.243 e. The van der Waals surface area contributed by atoms with Crippen molar-refractivity contribution in [2.75, 3.05) is 0 Å². The van der Waals surface area contributed by atoms with Crippen LogP contribution in [-0.2, 0) is 10.8 Å². The molecule has 0 N–H and O–H groups in total. The zero-order valence-corrected chi connectivity index (χ0v) is 16.9. The van der Waals surface area contributed by atoms with Crippen LogP contribution in [0.4, 0.5) is 0 Å². The fraction of sp³-hybridized carbons (Fsp3) is 0.476. The van der Waals surface area contributed by atoms with Crippen LogP contribution in [0.25, 0.3) is 20.2 Å². The Morgan fingerprint density at radius 1 is 0.958 bits per heavy atom. The molecule has 3 aromatic rings. The molecular weight excluding hydrogens is 334 g/mol. The van der Waals surface area contributed by atoms with Crippen LogP contribution in [0.1, 0.15) is 62.8 Å². The lowest BCUT2D eigenvalue weighted by molar-refractivity contribution is 0.330. The summed E-state index contributed by atoms with van der Waals surface area (Å²) in [5, 5.41) is 3.28. The zero-order valence-electron chi connectivity index (χ0n) is 15.3. The van der Waals surface area contributed by atoms with Gasteiger partial charge in [-0.15, -0.1) is 11.3 Å². The first-order valence-corrected chi connectivity index (χ1v) is 9.85. The van der Waals surface area contributed by atoms with Gasteiger partial charge in [-0.25, -0.2) is 4.98 Å². The van der Waals surface area contributed by atoms with E-state index < -0.39 is 0 Å². The molecule has 0 fully saturated rings. The molecular formula is C21H24ClNS. The highest BCUT2D eigenvalue weighted by Gasteiger charge is 2.40. The van der Waals surface area contributed by atoms with Gasteiger partial charge in [0.05, 0.1) is 4.70 Å². The fourth-order valence-electron chi connectivity index (χ4n) is 4.81. The molecule has 1 aliphatic carbocycles. The van der Waals surface area contributed by atoms with Gasteiger partial charge in [0.1, 0.15) is 5.15 Å². The summed E-state index contributed by atoms with van der Waals surface area (Å²) in [7, 11) is 0. The molecule has 0 spiro atoms. The van der Waals surface area contributed by atoms with Crippen molar-refractivity contribution in [2.24, 2.45) is 0 Å². The average molecular weight is 358 g/mol. The minimum absolute atomic E-state index is 0.221. The molecule has 0 amide bonds. The lowest BCUT2D eigenvalue weighted by Crippen LogP contribution is -2.35. The molecule has 1 nitrogen and oxygen atoms in total. The van der Waals surface area contributed by atoms with Gasteiger partial charge in [-0.2, -0.15) is 0 Å². The maximum atomic E-state index is 6.40. The van der Waals surface area contributed by atoms with Crippen LogP contribution in [0, 0.1) is 13.8 Å². The van der Waals surface area contributed by atoms with E-state index in [-0.39, 0.29) is 10.8 Å². The van der Waals surface area contributed by atoms with E-state index >= 15 is 0 Å². The standard InChI is InChI=1S/C21H24ClNS/c1-11-14-13-7-10-23-19(22)18(13)24-17(14)12(2)16-15(11)20(3,4)8-9-21(16,5)6/h7,10H,8-9H2,1-6H3. The van der Waals surface area contributed by atoms with Crippen molar-refractivity contribution in [1.29, 1.82) is 0 Å². The Labute approximate surface area is 153 Å². The lowest BCUT2D eigenvalue weighted by atomic mass is 9.60. The van der Waals surface area contributed by atoms with Crippen molar-refractivity contribution < 1.29 is 0 Å². The summed E-state index contributed by atoms with van der Waals surface area (Å²) in [6, 6.07) is 2.12. The van der Waals surface area contributed by atoms with Crippen LogP contribution < -0.4 is 0 Å². The highest BCUT2D eigenvalue weighted by molar-refractivity contribution is 7.26. The number of hydrogen-bond donors (Lipinski definition) is 0. The first-order valence-electron chi connectivity index (χ1n) is 8.66. The van der Waals surface area contributed by atoms with Gasteiger partial charge in [0.25, 0.3) is 0 Å². The first kappa shape index (κ1) is 16.4. The molecule has 1 aromatic carbocycles. The van der Waals surface area contributed by atoms with E-state index in [2.05, 4.69) is 52.6 Å². The number of nitrogens with zero attached hydrogens (tertiary/aromatic N) is 1. The van der Waals surface area contributed by atoms with Gasteiger partial charge in [-0.05, 0) is 65.8 Å². The van der Waals surface area contributed by atoms with Crippen LogP contribution in [-0.4, -0.2) is 4.98 Å². The largest absolute Gasteiger partial charge is 0.243 e. The lowest BCUT2D eigenvalue weighted by Gasteiger charge is -2.44. The Bertz CT molecular complexity index is 994. The van der Waals surface area contributed by atoms with E-state index in [0.29, 0.717) is 5.15 Å². The molecule has 0 saturated heterocycles. The predicted octanol–water partition coefficient (Wildman–Crippen LogP) is 7.07. The smallest absolute Gasteiger partial charge is 0.146 e. The number of benzene rings is 1. The van der Waals surface area contributed by atoms with Crippen molar-refractivity contribution in [3.8, 4) is 0 Å². The Morgan fingerprint density at radius 2 is 1.54 bits per heavy atom. The molecule has 1 aliphatic rings. The third-order valence-corrected chi connectivity index (χ3v) is 7.74. The summed E-state index contributed by atoms with van der Waals surface area (Å²) in [6.07, 6.45) is 4.31. The molecule has 3 heteroatoms. The Morgan fingerprint density at radius 3 is 2.17 bits per heavy atom. The molecule has 0 radical (unpaired) electrons. The van der Waals surface area contributed by atoms with Crippen molar-refractivity contribution in [1.82, 2.24) is 4.98 Å². The number of rotatable bonds is 0. The zero-order chi connectivity index (χ0) is 17.4.